The molecule has 3 aromatic rings. The Bertz CT molecular complexity index is 1160. The fourth-order valence-electron chi connectivity index (χ4n) is 4.88. The second-order valence-corrected chi connectivity index (χ2v) is 8.27. The number of nitrogens with zero attached hydrogens (tertiary/aromatic N) is 1. The van der Waals surface area contributed by atoms with Gasteiger partial charge in [0.2, 0.25) is 0 Å². The van der Waals surface area contributed by atoms with E-state index in [-0.39, 0.29) is 28.5 Å². The van der Waals surface area contributed by atoms with Gasteiger partial charge < -0.3 is 10.1 Å². The highest BCUT2D eigenvalue weighted by atomic mass is 16.6. The molecule has 5 nitrogen and oxygen atoms in total. The maximum atomic E-state index is 11.4. The van der Waals surface area contributed by atoms with E-state index in [0.717, 1.165) is 40.1 Å². The van der Waals surface area contributed by atoms with Gasteiger partial charge in [0.1, 0.15) is 12.4 Å². The van der Waals surface area contributed by atoms with Gasteiger partial charge in [0.25, 0.3) is 5.69 Å². The number of hydrogen-bond acceptors (Lipinski definition) is 4. The Morgan fingerprint density at radius 3 is 2.65 bits per heavy atom. The molecule has 1 N–H and O–H groups in total. The number of ether oxygens (including phenoxy) is 1. The second kappa shape index (κ2) is 7.91. The lowest BCUT2D eigenvalue weighted by atomic mass is 9.76. The van der Waals surface area contributed by atoms with Crippen LogP contribution in [0.4, 0.5) is 11.4 Å². The topological polar surface area (TPSA) is 64.4 Å². The Labute approximate surface area is 181 Å². The Kier molecular flexibility index (Phi) is 4.94. The van der Waals surface area contributed by atoms with Gasteiger partial charge in [-0.3, -0.25) is 10.1 Å². The number of fused-ring (bicyclic) bond motifs is 3. The average Bonchev–Trinajstić information content (AvgIpc) is 3.28. The van der Waals surface area contributed by atoms with Gasteiger partial charge in [-0.25, -0.2) is 0 Å². The lowest BCUT2D eigenvalue weighted by Gasteiger charge is -2.38. The van der Waals surface area contributed by atoms with E-state index in [1.54, 1.807) is 12.1 Å². The molecule has 0 aromatic heterocycles. The molecule has 0 bridgehead atoms. The lowest BCUT2D eigenvalue weighted by Crippen LogP contribution is -2.30. The number of rotatable bonds is 5. The largest absolute Gasteiger partial charge is 0.489 e. The number of hydrogen-bond donors (Lipinski definition) is 1. The van der Waals surface area contributed by atoms with Gasteiger partial charge in [0.05, 0.1) is 11.0 Å². The van der Waals surface area contributed by atoms with E-state index in [1.807, 2.05) is 43.3 Å². The van der Waals surface area contributed by atoms with Crippen molar-refractivity contribution in [1.82, 2.24) is 0 Å². The Hall–Kier alpha value is -3.60. The minimum atomic E-state index is -0.306. The number of nitrogens with one attached hydrogen (secondary N) is 1. The first-order chi connectivity index (χ1) is 15.1. The van der Waals surface area contributed by atoms with Gasteiger partial charge in [-0.2, -0.15) is 0 Å². The molecule has 0 spiro atoms. The van der Waals surface area contributed by atoms with Crippen LogP contribution in [0.1, 0.15) is 40.6 Å². The molecule has 0 amide bonds. The molecule has 0 fully saturated rings. The first kappa shape index (κ1) is 19.4. The van der Waals surface area contributed by atoms with Crippen molar-refractivity contribution in [3.8, 4) is 5.75 Å². The van der Waals surface area contributed by atoms with Crippen molar-refractivity contribution in [3.05, 3.63) is 111 Å². The van der Waals surface area contributed by atoms with Crippen molar-refractivity contribution in [2.24, 2.45) is 5.92 Å². The maximum Gasteiger partial charge on any atom is 0.270 e. The van der Waals surface area contributed by atoms with Crippen LogP contribution in [-0.4, -0.2) is 4.92 Å². The number of nitro benzene ring substituents is 1. The Morgan fingerprint density at radius 1 is 1.06 bits per heavy atom. The predicted molar refractivity (Wildman–Crippen MR) is 121 cm³/mol. The summed E-state index contributed by atoms with van der Waals surface area (Å²) in [6.45, 7) is 2.45. The van der Waals surface area contributed by atoms with E-state index < -0.39 is 0 Å². The molecule has 0 saturated carbocycles. The van der Waals surface area contributed by atoms with E-state index >= 15 is 0 Å². The van der Waals surface area contributed by atoms with Crippen LogP contribution in [0.5, 0.6) is 5.75 Å². The molecule has 1 aliphatic carbocycles. The molecule has 0 saturated heterocycles. The third-order valence-corrected chi connectivity index (χ3v) is 6.35. The summed E-state index contributed by atoms with van der Waals surface area (Å²) in [5.41, 5.74) is 5.33. The SMILES string of the molecule is Cc1cc([N+](=O)[O-])cc2c1NC(c1ccccc1OCc1ccccc1)C1CC=CC21. The number of anilines is 1. The van der Waals surface area contributed by atoms with E-state index in [2.05, 4.69) is 35.7 Å². The first-order valence-electron chi connectivity index (χ1n) is 10.6. The van der Waals surface area contributed by atoms with E-state index in [9.17, 15) is 10.1 Å². The summed E-state index contributed by atoms with van der Waals surface area (Å²) in [4.78, 5) is 11.1. The number of nitro groups is 1. The zero-order valence-corrected chi connectivity index (χ0v) is 17.3. The van der Waals surface area contributed by atoms with Gasteiger partial charge >= 0.3 is 0 Å². The molecular weight excluding hydrogens is 388 g/mol. The van der Waals surface area contributed by atoms with Crippen LogP contribution in [-0.2, 0) is 6.61 Å². The number of benzene rings is 3. The second-order valence-electron chi connectivity index (χ2n) is 8.27. The van der Waals surface area contributed by atoms with Crippen LogP contribution >= 0.6 is 0 Å². The van der Waals surface area contributed by atoms with Gasteiger partial charge in [0.15, 0.2) is 0 Å². The van der Waals surface area contributed by atoms with Crippen LogP contribution in [0.15, 0.2) is 78.9 Å². The summed E-state index contributed by atoms with van der Waals surface area (Å²) in [5, 5.41) is 15.1. The first-order valence-corrected chi connectivity index (χ1v) is 10.6. The standard InChI is InChI=1S/C26H24N2O3/c1-17-14-19(28(29)30)15-23-20-11-7-12-21(20)26(27-25(17)23)22-10-5-6-13-24(22)31-16-18-8-3-2-4-9-18/h2-11,13-15,20-21,26-27H,12,16H2,1H3. The molecule has 3 aromatic carbocycles. The molecular formula is C26H24N2O3. The van der Waals surface area contributed by atoms with Crippen molar-refractivity contribution in [1.29, 1.82) is 0 Å². The molecule has 31 heavy (non-hydrogen) atoms. The molecule has 1 aliphatic heterocycles. The van der Waals surface area contributed by atoms with E-state index in [0.29, 0.717) is 6.61 Å². The van der Waals surface area contributed by atoms with Gasteiger partial charge in [0, 0.05) is 29.3 Å². The zero-order valence-electron chi connectivity index (χ0n) is 17.3. The third kappa shape index (κ3) is 3.56. The summed E-state index contributed by atoms with van der Waals surface area (Å²) in [6.07, 6.45) is 5.32. The molecule has 5 heteroatoms. The monoisotopic (exact) mass is 412 g/mol. The number of aryl methyl sites for hydroxylation is 1. The predicted octanol–water partition coefficient (Wildman–Crippen LogP) is 6.31. The normalized spacial score (nSPS) is 21.1. The lowest BCUT2D eigenvalue weighted by molar-refractivity contribution is -0.385. The van der Waals surface area contributed by atoms with Crippen LogP contribution in [0.2, 0.25) is 0 Å². The van der Waals surface area contributed by atoms with Crippen molar-refractivity contribution < 1.29 is 9.66 Å². The molecule has 0 radical (unpaired) electrons. The maximum absolute atomic E-state index is 11.4. The molecule has 1 heterocycles. The summed E-state index contributed by atoms with van der Waals surface area (Å²) >= 11 is 0. The zero-order chi connectivity index (χ0) is 21.4. The fraction of sp³-hybridized carbons (Fsp3) is 0.231. The highest BCUT2D eigenvalue weighted by Crippen LogP contribution is 2.52. The van der Waals surface area contributed by atoms with Gasteiger partial charge in [-0.05, 0) is 42.0 Å². The third-order valence-electron chi connectivity index (χ3n) is 6.35. The fourth-order valence-corrected chi connectivity index (χ4v) is 4.88. The van der Waals surface area contributed by atoms with Crippen molar-refractivity contribution in [3.63, 3.8) is 0 Å². The number of para-hydroxylation sites is 1. The van der Waals surface area contributed by atoms with Crippen LogP contribution in [0, 0.1) is 23.0 Å². The van der Waals surface area contributed by atoms with Crippen molar-refractivity contribution in [2.45, 2.75) is 31.9 Å². The molecule has 156 valence electrons. The molecule has 3 unspecified atom stereocenters. The van der Waals surface area contributed by atoms with E-state index in [4.69, 9.17) is 4.74 Å². The van der Waals surface area contributed by atoms with Crippen molar-refractivity contribution >= 4 is 11.4 Å². The summed E-state index contributed by atoms with van der Waals surface area (Å²) in [7, 11) is 0. The highest BCUT2D eigenvalue weighted by Gasteiger charge is 2.40. The molecule has 5 rings (SSSR count). The average molecular weight is 412 g/mol. The van der Waals surface area contributed by atoms with Gasteiger partial charge in [-0.1, -0.05) is 60.7 Å². The molecule has 2 aliphatic rings. The van der Waals surface area contributed by atoms with Crippen LogP contribution in [0.3, 0.4) is 0 Å². The number of non-ortho nitro benzene ring substituents is 1. The van der Waals surface area contributed by atoms with Gasteiger partial charge in [-0.15, -0.1) is 0 Å². The summed E-state index contributed by atoms with van der Waals surface area (Å²) < 4.78 is 6.24. The summed E-state index contributed by atoms with van der Waals surface area (Å²) in [5.74, 6) is 1.31. The quantitative estimate of drug-likeness (QED) is 0.303. The molecule has 3 atom stereocenters. The Balaban J connectivity index is 1.50. The minimum absolute atomic E-state index is 0.0691. The van der Waals surface area contributed by atoms with Crippen molar-refractivity contribution in [2.75, 3.05) is 5.32 Å². The van der Waals surface area contributed by atoms with E-state index in [1.165, 1.54) is 0 Å². The Morgan fingerprint density at radius 2 is 1.84 bits per heavy atom. The summed E-state index contributed by atoms with van der Waals surface area (Å²) in [6, 6.07) is 21.8. The highest BCUT2D eigenvalue weighted by molar-refractivity contribution is 5.67. The van der Waals surface area contributed by atoms with Crippen LogP contribution < -0.4 is 10.1 Å². The number of allylic oxidation sites excluding steroid dienone is 2. The van der Waals surface area contributed by atoms with Crippen LogP contribution in [0.25, 0.3) is 0 Å². The minimum Gasteiger partial charge on any atom is -0.489 e. The smallest absolute Gasteiger partial charge is 0.270 e.